The lowest BCUT2D eigenvalue weighted by molar-refractivity contribution is -0.215. The Hall–Kier alpha value is -2.27. The van der Waals surface area contributed by atoms with Crippen LogP contribution >= 0.6 is 23.4 Å². The second-order valence-electron chi connectivity index (χ2n) is 9.83. The molecule has 3 aromatic rings. The smallest absolute Gasteiger partial charge is 0.278 e. The first-order chi connectivity index (χ1) is 17.3. The van der Waals surface area contributed by atoms with E-state index in [2.05, 4.69) is 14.9 Å². The monoisotopic (exact) mass is 532 g/mol. The van der Waals surface area contributed by atoms with Gasteiger partial charge in [-0.1, -0.05) is 17.7 Å². The van der Waals surface area contributed by atoms with Gasteiger partial charge in [-0.15, -0.1) is 11.8 Å². The second-order valence-corrected chi connectivity index (χ2v) is 11.6. The van der Waals surface area contributed by atoms with Crippen LogP contribution < -0.4 is 0 Å². The molecule has 6 heterocycles. The van der Waals surface area contributed by atoms with Gasteiger partial charge in [0.1, 0.15) is 6.61 Å². The zero-order valence-electron chi connectivity index (χ0n) is 19.9. The van der Waals surface area contributed by atoms with Crippen LogP contribution in [-0.4, -0.2) is 65.7 Å². The van der Waals surface area contributed by atoms with Crippen LogP contribution in [0.1, 0.15) is 29.7 Å². The van der Waals surface area contributed by atoms with Crippen molar-refractivity contribution < 1.29 is 13.5 Å². The molecular formula is C25H27ClF2N6OS. The minimum Gasteiger partial charge on any atom is -0.367 e. The van der Waals surface area contributed by atoms with Crippen LogP contribution in [0, 0.1) is 12.8 Å². The number of aryl methyl sites for hydroxylation is 1. The summed E-state index contributed by atoms with van der Waals surface area (Å²) in [5.41, 5.74) is 2.56. The molecule has 6 rings (SSSR count). The minimum absolute atomic E-state index is 0.335. The molecule has 3 aromatic heterocycles. The maximum absolute atomic E-state index is 14.5. The van der Waals surface area contributed by atoms with Crippen LogP contribution in [0.3, 0.4) is 0 Å². The Bertz CT molecular complexity index is 1270. The van der Waals surface area contributed by atoms with E-state index < -0.39 is 24.0 Å². The van der Waals surface area contributed by atoms with E-state index in [0.29, 0.717) is 23.8 Å². The molecule has 3 aliphatic rings. The van der Waals surface area contributed by atoms with Gasteiger partial charge in [-0.2, -0.15) is 5.10 Å². The first kappa shape index (κ1) is 24.1. The van der Waals surface area contributed by atoms with Crippen molar-refractivity contribution in [2.24, 2.45) is 5.92 Å². The van der Waals surface area contributed by atoms with Crippen molar-refractivity contribution in [3.63, 3.8) is 0 Å². The van der Waals surface area contributed by atoms with Crippen LogP contribution in [-0.2, 0) is 17.8 Å². The Labute approximate surface area is 217 Å². The Morgan fingerprint density at radius 3 is 2.81 bits per heavy atom. The highest BCUT2D eigenvalue weighted by molar-refractivity contribution is 8.05. The third-order valence-corrected chi connectivity index (χ3v) is 9.26. The normalized spacial score (nSPS) is 25.2. The first-order valence-electron chi connectivity index (χ1n) is 12.1. The number of rotatable bonds is 5. The number of halogens is 3. The fraction of sp³-hybridized carbons (Fsp3) is 0.480. The molecule has 0 bridgehead atoms. The Morgan fingerprint density at radius 2 is 2.03 bits per heavy atom. The van der Waals surface area contributed by atoms with Crippen molar-refractivity contribution >= 4 is 23.4 Å². The molecule has 2 saturated heterocycles. The quantitative estimate of drug-likeness (QED) is 0.477. The van der Waals surface area contributed by atoms with Gasteiger partial charge in [0.05, 0.1) is 39.7 Å². The Morgan fingerprint density at radius 1 is 1.19 bits per heavy atom. The summed E-state index contributed by atoms with van der Waals surface area (Å²) < 4.78 is 39.2. The SMILES string of the molecule is Cc1nn(-c2ncccc2Cn2ccnc2)cc1CN1CCC2(CC1)OCC(F)(F)C1C=C(Cl)SC12. The van der Waals surface area contributed by atoms with Crippen LogP contribution in [0.15, 0.2) is 53.7 Å². The van der Waals surface area contributed by atoms with E-state index >= 15 is 0 Å². The Balaban J connectivity index is 1.15. The maximum Gasteiger partial charge on any atom is 0.278 e. The maximum atomic E-state index is 14.5. The number of alkyl halides is 2. The number of piperidine rings is 1. The van der Waals surface area contributed by atoms with Crippen LogP contribution in [0.2, 0.25) is 0 Å². The number of fused-ring (bicyclic) bond motifs is 2. The number of hydrogen-bond acceptors (Lipinski definition) is 6. The van der Waals surface area contributed by atoms with Gasteiger partial charge in [0, 0.05) is 55.5 Å². The molecular weight excluding hydrogens is 506 g/mol. The standard InChI is InChI=1S/C25H27ClF2N6OS/c1-17-19(14-34(31-17)23-18(3-2-6-30-23)12-33-10-7-29-16-33)13-32-8-4-24(5-9-32)22-20(11-21(26)36-22)25(27,28)15-35-24/h2-3,6-7,10-11,14,16,20,22H,4-5,8-9,12-13,15H2,1H3. The fourth-order valence-electron chi connectivity index (χ4n) is 5.51. The van der Waals surface area contributed by atoms with Crippen molar-refractivity contribution in [3.8, 4) is 5.82 Å². The molecule has 1 spiro atoms. The van der Waals surface area contributed by atoms with Crippen molar-refractivity contribution in [2.45, 2.75) is 49.6 Å². The minimum atomic E-state index is -2.87. The summed E-state index contributed by atoms with van der Waals surface area (Å²) in [5, 5.41) is 4.42. The van der Waals surface area contributed by atoms with Gasteiger partial charge >= 0.3 is 0 Å². The number of likely N-dealkylation sites (tertiary alicyclic amines) is 1. The van der Waals surface area contributed by atoms with E-state index in [4.69, 9.17) is 21.4 Å². The molecule has 3 aliphatic heterocycles. The fourth-order valence-corrected chi connectivity index (χ4v) is 7.35. The van der Waals surface area contributed by atoms with Crippen molar-refractivity contribution in [1.82, 2.24) is 29.2 Å². The molecule has 0 aromatic carbocycles. The van der Waals surface area contributed by atoms with Crippen molar-refractivity contribution in [1.29, 1.82) is 0 Å². The Kier molecular flexibility index (Phi) is 6.18. The van der Waals surface area contributed by atoms with E-state index in [1.54, 1.807) is 18.7 Å². The van der Waals surface area contributed by atoms with Gasteiger partial charge in [0.2, 0.25) is 0 Å². The number of ether oxygens (including phenoxy) is 1. The second kappa shape index (κ2) is 9.24. The number of imidazole rings is 1. The molecule has 0 amide bonds. The number of aromatic nitrogens is 5. The van der Waals surface area contributed by atoms with Crippen LogP contribution in [0.25, 0.3) is 5.82 Å². The summed E-state index contributed by atoms with van der Waals surface area (Å²) in [6, 6.07) is 3.97. The van der Waals surface area contributed by atoms with Gasteiger partial charge < -0.3 is 9.30 Å². The number of nitrogens with zero attached hydrogens (tertiary/aromatic N) is 6. The molecule has 190 valence electrons. The largest absolute Gasteiger partial charge is 0.367 e. The molecule has 2 atom stereocenters. The van der Waals surface area contributed by atoms with Gasteiger partial charge in [-0.05, 0) is 31.9 Å². The summed E-state index contributed by atoms with van der Waals surface area (Å²) in [5.74, 6) is -2.93. The molecule has 0 aliphatic carbocycles. The topological polar surface area (TPSA) is 61.0 Å². The number of allylic oxidation sites excluding steroid dienone is 1. The average Bonchev–Trinajstić information content (AvgIpc) is 3.60. The lowest BCUT2D eigenvalue weighted by atomic mass is 9.77. The summed E-state index contributed by atoms with van der Waals surface area (Å²) in [6.45, 7) is 4.41. The number of pyridine rings is 1. The molecule has 0 radical (unpaired) electrons. The predicted molar refractivity (Wildman–Crippen MR) is 134 cm³/mol. The van der Waals surface area contributed by atoms with Gasteiger partial charge in [-0.3, -0.25) is 4.90 Å². The molecule has 7 nitrogen and oxygen atoms in total. The molecule has 36 heavy (non-hydrogen) atoms. The summed E-state index contributed by atoms with van der Waals surface area (Å²) >= 11 is 7.52. The number of hydrogen-bond donors (Lipinski definition) is 0. The van der Waals surface area contributed by atoms with Crippen molar-refractivity contribution in [2.75, 3.05) is 19.7 Å². The molecule has 0 saturated carbocycles. The van der Waals surface area contributed by atoms with E-state index in [1.807, 2.05) is 40.7 Å². The third kappa shape index (κ3) is 4.38. The lowest BCUT2D eigenvalue weighted by Gasteiger charge is -2.51. The highest BCUT2D eigenvalue weighted by atomic mass is 35.5. The van der Waals surface area contributed by atoms with Gasteiger partial charge in [-0.25, -0.2) is 23.4 Å². The first-order valence-corrected chi connectivity index (χ1v) is 13.3. The lowest BCUT2D eigenvalue weighted by Crippen LogP contribution is -2.61. The zero-order chi connectivity index (χ0) is 24.9. The zero-order valence-corrected chi connectivity index (χ0v) is 21.4. The molecule has 11 heteroatoms. The van der Waals surface area contributed by atoms with Crippen molar-refractivity contribution in [3.05, 3.63) is 70.5 Å². The molecule has 2 unspecified atom stereocenters. The van der Waals surface area contributed by atoms with E-state index in [1.165, 1.54) is 17.8 Å². The predicted octanol–water partition coefficient (Wildman–Crippen LogP) is 4.63. The van der Waals surface area contributed by atoms with Gasteiger partial charge in [0.25, 0.3) is 5.92 Å². The molecule has 0 N–H and O–H groups in total. The molecule has 2 fully saturated rings. The van der Waals surface area contributed by atoms with Gasteiger partial charge in [0.15, 0.2) is 5.82 Å². The van der Waals surface area contributed by atoms with E-state index in [9.17, 15) is 8.78 Å². The highest BCUT2D eigenvalue weighted by Crippen LogP contribution is 2.56. The third-order valence-electron chi connectivity index (χ3n) is 7.53. The number of thioether (sulfide) groups is 1. The highest BCUT2D eigenvalue weighted by Gasteiger charge is 2.60. The summed E-state index contributed by atoms with van der Waals surface area (Å²) in [7, 11) is 0. The average molecular weight is 533 g/mol. The van der Waals surface area contributed by atoms with E-state index in [0.717, 1.165) is 42.3 Å². The van der Waals surface area contributed by atoms with Crippen LogP contribution in [0.5, 0.6) is 0 Å². The van der Waals surface area contributed by atoms with E-state index in [-0.39, 0.29) is 5.25 Å². The summed E-state index contributed by atoms with van der Waals surface area (Å²) in [6.07, 6.45) is 12.2. The summed E-state index contributed by atoms with van der Waals surface area (Å²) in [4.78, 5) is 11.1. The van der Waals surface area contributed by atoms with Crippen LogP contribution in [0.4, 0.5) is 8.78 Å².